The van der Waals surface area contributed by atoms with Gasteiger partial charge in [0.1, 0.15) is 11.7 Å². The Balaban J connectivity index is 1.11. The molecule has 3 fully saturated rings. The number of anilines is 1. The van der Waals surface area contributed by atoms with Gasteiger partial charge in [0.15, 0.2) is 0 Å². The molecule has 1 aliphatic heterocycles. The molecular weight excluding hydrogens is 620 g/mol. The number of primary amides is 1. The molecule has 0 bridgehead atoms. The second-order valence-electron chi connectivity index (χ2n) is 13.7. The molecular formula is C37H48N8O4. The third-order valence-electron chi connectivity index (χ3n) is 9.98. The number of piperazine rings is 1. The Morgan fingerprint density at radius 3 is 2.20 bits per heavy atom. The Bertz CT molecular complexity index is 1610. The Hall–Kier alpha value is -4.71. The van der Waals surface area contributed by atoms with Crippen LogP contribution in [0.4, 0.5) is 10.5 Å². The molecule has 2 aliphatic carbocycles. The summed E-state index contributed by atoms with van der Waals surface area (Å²) in [5.41, 5.74) is 9.10. The van der Waals surface area contributed by atoms with E-state index in [1.54, 1.807) is 13.1 Å². The molecule has 2 aromatic carbocycles. The number of benzene rings is 2. The SMILES string of the molecule is Cn1nc([C@@H](C(=O)Nc2ccc(C[C@@H](NC(=O)NC3CC3)C(=O)N3CCN(Cc4ccccc4)CC3)cc2)C2CCCCC2)cc1C(N)=O. The minimum Gasteiger partial charge on any atom is -0.364 e. The van der Waals surface area contributed by atoms with Crippen molar-refractivity contribution >= 4 is 29.4 Å². The minimum absolute atomic E-state index is 0.0938. The average molecular weight is 669 g/mol. The van der Waals surface area contributed by atoms with Crippen molar-refractivity contribution < 1.29 is 19.2 Å². The molecule has 49 heavy (non-hydrogen) atoms. The predicted octanol–water partition coefficient (Wildman–Crippen LogP) is 3.54. The van der Waals surface area contributed by atoms with Crippen LogP contribution in [0.2, 0.25) is 0 Å². The number of aryl methyl sites for hydroxylation is 1. The fourth-order valence-corrected chi connectivity index (χ4v) is 7.11. The summed E-state index contributed by atoms with van der Waals surface area (Å²) in [7, 11) is 1.66. The number of aromatic nitrogens is 2. The zero-order valence-electron chi connectivity index (χ0n) is 28.3. The lowest BCUT2D eigenvalue weighted by Crippen LogP contribution is -2.56. The maximum absolute atomic E-state index is 13.8. The minimum atomic E-state index is -0.723. The molecule has 260 valence electrons. The molecule has 12 heteroatoms. The van der Waals surface area contributed by atoms with Crippen LogP contribution in [0, 0.1) is 5.92 Å². The van der Waals surface area contributed by atoms with E-state index in [2.05, 4.69) is 38.1 Å². The number of rotatable bonds is 12. The van der Waals surface area contributed by atoms with Gasteiger partial charge < -0.3 is 26.6 Å². The fraction of sp³-hybridized carbons (Fsp3) is 0.486. The first-order chi connectivity index (χ1) is 23.7. The van der Waals surface area contributed by atoms with Crippen molar-refractivity contribution in [3.05, 3.63) is 83.2 Å². The van der Waals surface area contributed by atoms with Crippen LogP contribution in [-0.4, -0.2) is 81.6 Å². The first-order valence-electron chi connectivity index (χ1n) is 17.6. The number of carbonyl (C=O) groups is 4. The molecule has 1 saturated heterocycles. The number of carbonyl (C=O) groups excluding carboxylic acids is 4. The summed E-state index contributed by atoms with van der Waals surface area (Å²) < 4.78 is 1.44. The highest BCUT2D eigenvalue weighted by Gasteiger charge is 2.34. The van der Waals surface area contributed by atoms with Gasteiger partial charge in [-0.05, 0) is 60.9 Å². The van der Waals surface area contributed by atoms with Crippen LogP contribution < -0.4 is 21.7 Å². The summed E-state index contributed by atoms with van der Waals surface area (Å²) in [5.74, 6) is -1.25. The lowest BCUT2D eigenvalue weighted by Gasteiger charge is -2.36. The number of nitrogens with one attached hydrogen (secondary N) is 3. The van der Waals surface area contributed by atoms with Gasteiger partial charge in [0.2, 0.25) is 11.8 Å². The summed E-state index contributed by atoms with van der Waals surface area (Å²) in [4.78, 5) is 56.5. The highest BCUT2D eigenvalue weighted by molar-refractivity contribution is 5.97. The maximum atomic E-state index is 13.8. The van der Waals surface area contributed by atoms with E-state index in [0.29, 0.717) is 30.9 Å². The van der Waals surface area contributed by atoms with Crippen LogP contribution in [0.3, 0.4) is 0 Å². The zero-order valence-corrected chi connectivity index (χ0v) is 28.3. The zero-order chi connectivity index (χ0) is 34.3. The number of amides is 5. The molecule has 3 aliphatic rings. The van der Waals surface area contributed by atoms with Gasteiger partial charge in [-0.25, -0.2) is 4.79 Å². The maximum Gasteiger partial charge on any atom is 0.315 e. The van der Waals surface area contributed by atoms with Gasteiger partial charge in [-0.1, -0.05) is 61.7 Å². The van der Waals surface area contributed by atoms with Crippen molar-refractivity contribution in [2.24, 2.45) is 18.7 Å². The molecule has 0 spiro atoms. The molecule has 12 nitrogen and oxygen atoms in total. The van der Waals surface area contributed by atoms with Crippen LogP contribution in [0.15, 0.2) is 60.7 Å². The van der Waals surface area contributed by atoms with E-state index in [1.807, 2.05) is 47.4 Å². The van der Waals surface area contributed by atoms with Gasteiger partial charge in [0, 0.05) is 57.9 Å². The van der Waals surface area contributed by atoms with Crippen LogP contribution >= 0.6 is 0 Å². The normalized spacial score (nSPS) is 18.3. The summed E-state index contributed by atoms with van der Waals surface area (Å²) in [6.07, 6.45) is 7.31. The summed E-state index contributed by atoms with van der Waals surface area (Å²) in [5, 5.41) is 13.5. The molecule has 5 N–H and O–H groups in total. The van der Waals surface area contributed by atoms with E-state index < -0.39 is 17.9 Å². The monoisotopic (exact) mass is 668 g/mol. The number of hydrogen-bond acceptors (Lipinski definition) is 6. The van der Waals surface area contributed by atoms with E-state index in [0.717, 1.165) is 70.1 Å². The molecule has 5 amide bonds. The van der Waals surface area contributed by atoms with Gasteiger partial charge in [0.25, 0.3) is 5.91 Å². The number of nitrogens with zero attached hydrogens (tertiary/aromatic N) is 4. The Labute approximate surface area is 287 Å². The average Bonchev–Trinajstić information content (AvgIpc) is 3.83. The van der Waals surface area contributed by atoms with E-state index in [-0.39, 0.29) is 35.5 Å². The summed E-state index contributed by atoms with van der Waals surface area (Å²) in [6, 6.07) is 18.5. The van der Waals surface area contributed by atoms with Crippen LogP contribution in [0.25, 0.3) is 0 Å². The van der Waals surface area contributed by atoms with Crippen molar-refractivity contribution in [3.8, 4) is 0 Å². The van der Waals surface area contributed by atoms with Crippen molar-refractivity contribution in [1.29, 1.82) is 0 Å². The van der Waals surface area contributed by atoms with Crippen molar-refractivity contribution in [3.63, 3.8) is 0 Å². The van der Waals surface area contributed by atoms with Crippen molar-refractivity contribution in [2.75, 3.05) is 31.5 Å². The Kier molecular flexibility index (Phi) is 10.9. The summed E-state index contributed by atoms with van der Waals surface area (Å²) >= 11 is 0. The van der Waals surface area contributed by atoms with E-state index in [9.17, 15) is 19.2 Å². The number of nitrogens with two attached hydrogens (primary N) is 1. The van der Waals surface area contributed by atoms with E-state index in [4.69, 9.17) is 5.73 Å². The highest BCUT2D eigenvalue weighted by Crippen LogP contribution is 2.37. The van der Waals surface area contributed by atoms with Gasteiger partial charge in [-0.15, -0.1) is 0 Å². The molecule has 2 heterocycles. The molecule has 0 radical (unpaired) electrons. The second kappa shape index (κ2) is 15.7. The molecule has 0 unspecified atom stereocenters. The molecule has 2 atom stereocenters. The van der Waals surface area contributed by atoms with Crippen molar-refractivity contribution in [2.45, 2.75) is 75.9 Å². The fourth-order valence-electron chi connectivity index (χ4n) is 7.11. The smallest absolute Gasteiger partial charge is 0.315 e. The molecule has 6 rings (SSSR count). The second-order valence-corrected chi connectivity index (χ2v) is 13.7. The van der Waals surface area contributed by atoms with E-state index in [1.165, 1.54) is 10.2 Å². The lowest BCUT2D eigenvalue weighted by atomic mass is 9.78. The Morgan fingerprint density at radius 1 is 0.878 bits per heavy atom. The molecule has 3 aromatic rings. The third-order valence-corrected chi connectivity index (χ3v) is 9.98. The topological polar surface area (TPSA) is 155 Å². The van der Waals surface area contributed by atoms with Crippen LogP contribution in [0.1, 0.15) is 78.2 Å². The molecule has 1 aromatic heterocycles. The van der Waals surface area contributed by atoms with Gasteiger partial charge >= 0.3 is 6.03 Å². The summed E-state index contributed by atoms with van der Waals surface area (Å²) in [6.45, 7) is 3.56. The van der Waals surface area contributed by atoms with Crippen LogP contribution in [0.5, 0.6) is 0 Å². The van der Waals surface area contributed by atoms with E-state index >= 15 is 0 Å². The van der Waals surface area contributed by atoms with Gasteiger partial charge in [-0.3, -0.25) is 24.0 Å². The quantitative estimate of drug-likeness (QED) is 0.232. The van der Waals surface area contributed by atoms with Gasteiger partial charge in [-0.2, -0.15) is 5.10 Å². The molecule has 2 saturated carbocycles. The van der Waals surface area contributed by atoms with Crippen LogP contribution in [-0.2, 0) is 29.6 Å². The predicted molar refractivity (Wildman–Crippen MR) is 187 cm³/mol. The third kappa shape index (κ3) is 9.05. The van der Waals surface area contributed by atoms with Gasteiger partial charge in [0.05, 0.1) is 11.6 Å². The first kappa shape index (κ1) is 34.2. The lowest BCUT2D eigenvalue weighted by molar-refractivity contribution is -0.135. The first-order valence-corrected chi connectivity index (χ1v) is 17.6. The number of hydrogen-bond donors (Lipinski definition) is 4. The highest BCUT2D eigenvalue weighted by atomic mass is 16.2. The largest absolute Gasteiger partial charge is 0.364 e. The Morgan fingerprint density at radius 2 is 1.57 bits per heavy atom. The standard InChI is InChI=1S/C37H48N8O4/c1-43-32(34(38)46)23-30(42-43)33(27-10-6-3-7-11-27)35(47)39-28-14-12-25(13-15-28)22-31(41-37(49)40-29-16-17-29)36(48)45-20-18-44(19-21-45)24-26-8-4-2-5-9-26/h2,4-5,8-9,12-15,23,27,29,31,33H,3,6-7,10-11,16-22,24H2,1H3,(H2,38,46)(H,39,47)(H2,40,41,49)/t31-,33+/m1/s1. The number of urea groups is 1. The van der Waals surface area contributed by atoms with Crippen molar-refractivity contribution in [1.82, 2.24) is 30.2 Å².